The number of rotatable bonds is 4. The number of carbonyl (C=O) groups excluding carboxylic acids is 1. The van der Waals surface area contributed by atoms with Gasteiger partial charge in [-0.05, 0) is 69.9 Å². The van der Waals surface area contributed by atoms with Crippen molar-refractivity contribution in [3.8, 4) is 5.75 Å². The second-order valence-electron chi connectivity index (χ2n) is 6.90. The van der Waals surface area contributed by atoms with Crippen molar-refractivity contribution in [1.82, 2.24) is 4.98 Å². The van der Waals surface area contributed by atoms with Gasteiger partial charge in [0.15, 0.2) is 5.78 Å². The summed E-state index contributed by atoms with van der Waals surface area (Å²) in [6, 6.07) is 7.68. The maximum Gasteiger partial charge on any atom is 0.251 e. The highest BCUT2D eigenvalue weighted by atomic mass is 16.5. The normalized spacial score (nSPS) is 16.5. The molecule has 1 aromatic heterocycles. The van der Waals surface area contributed by atoms with Crippen molar-refractivity contribution in [3.05, 3.63) is 62.6 Å². The number of ketones is 1. The Bertz CT molecular complexity index is 848. The van der Waals surface area contributed by atoms with E-state index < -0.39 is 0 Å². The largest absolute Gasteiger partial charge is 0.491 e. The molecule has 3 rings (SSSR count). The summed E-state index contributed by atoms with van der Waals surface area (Å²) in [6.45, 7) is 7.72. The third-order valence-corrected chi connectivity index (χ3v) is 4.50. The first-order chi connectivity index (χ1) is 11.3. The minimum atomic E-state index is -0.170. The number of aromatic nitrogens is 1. The number of hydrogen-bond acceptors (Lipinski definition) is 3. The van der Waals surface area contributed by atoms with Gasteiger partial charge in [0, 0.05) is 22.7 Å². The molecule has 0 fully saturated rings. The number of pyridine rings is 1. The fraction of sp³-hybridized carbons (Fsp3) is 0.400. The minimum Gasteiger partial charge on any atom is -0.491 e. The Morgan fingerprint density at radius 3 is 2.62 bits per heavy atom. The molecule has 1 aromatic carbocycles. The van der Waals surface area contributed by atoms with Crippen LogP contribution in [0, 0.1) is 19.8 Å². The SMILES string of the molecule is Cc1cc(C)c(CC2Cc3ccc(OC(C)C)cc3C2=O)c(=O)[nH]1. The van der Waals surface area contributed by atoms with Crippen LogP contribution in [0.3, 0.4) is 0 Å². The molecule has 1 heterocycles. The first-order valence-electron chi connectivity index (χ1n) is 8.38. The van der Waals surface area contributed by atoms with Crippen molar-refractivity contribution in [2.75, 3.05) is 0 Å². The zero-order chi connectivity index (χ0) is 17.4. The van der Waals surface area contributed by atoms with E-state index in [9.17, 15) is 9.59 Å². The number of ether oxygens (including phenoxy) is 1. The van der Waals surface area contributed by atoms with Crippen LogP contribution in [0.15, 0.2) is 29.1 Å². The summed E-state index contributed by atoms with van der Waals surface area (Å²) in [5.41, 5.74) is 4.20. The molecular weight excluding hydrogens is 302 g/mol. The van der Waals surface area contributed by atoms with Gasteiger partial charge in [0.25, 0.3) is 5.56 Å². The van der Waals surface area contributed by atoms with Crippen LogP contribution in [-0.4, -0.2) is 16.9 Å². The first kappa shape index (κ1) is 16.5. The monoisotopic (exact) mass is 325 g/mol. The van der Waals surface area contributed by atoms with Crippen LogP contribution >= 0.6 is 0 Å². The molecule has 0 saturated carbocycles. The van der Waals surface area contributed by atoms with E-state index >= 15 is 0 Å². The highest BCUT2D eigenvalue weighted by molar-refractivity contribution is 6.02. The van der Waals surface area contributed by atoms with E-state index in [2.05, 4.69) is 4.98 Å². The van der Waals surface area contributed by atoms with Gasteiger partial charge in [-0.25, -0.2) is 0 Å². The van der Waals surface area contributed by atoms with Crippen LogP contribution < -0.4 is 10.3 Å². The van der Waals surface area contributed by atoms with Crippen LogP contribution in [0.25, 0.3) is 0 Å². The van der Waals surface area contributed by atoms with Gasteiger partial charge in [-0.15, -0.1) is 0 Å². The molecule has 0 aliphatic heterocycles. The van der Waals surface area contributed by atoms with E-state index in [1.165, 1.54) is 0 Å². The van der Waals surface area contributed by atoms with Crippen LogP contribution in [0.5, 0.6) is 5.75 Å². The van der Waals surface area contributed by atoms with Gasteiger partial charge < -0.3 is 9.72 Å². The van der Waals surface area contributed by atoms with Gasteiger partial charge in [-0.3, -0.25) is 9.59 Å². The summed E-state index contributed by atoms with van der Waals surface area (Å²) < 4.78 is 5.69. The summed E-state index contributed by atoms with van der Waals surface area (Å²) in [6.07, 6.45) is 1.24. The highest BCUT2D eigenvalue weighted by Crippen LogP contribution is 2.32. The molecule has 4 heteroatoms. The number of aryl methyl sites for hydroxylation is 2. The Balaban J connectivity index is 1.85. The molecule has 0 amide bonds. The van der Waals surface area contributed by atoms with Gasteiger partial charge in [0.05, 0.1) is 6.10 Å². The molecule has 0 spiro atoms. The maximum absolute atomic E-state index is 12.8. The highest BCUT2D eigenvalue weighted by Gasteiger charge is 2.31. The lowest BCUT2D eigenvalue weighted by Crippen LogP contribution is -2.21. The Hall–Kier alpha value is -2.36. The number of aromatic amines is 1. The number of H-pyrrole nitrogens is 1. The van der Waals surface area contributed by atoms with Gasteiger partial charge >= 0.3 is 0 Å². The molecule has 24 heavy (non-hydrogen) atoms. The van der Waals surface area contributed by atoms with Crippen LogP contribution in [0.2, 0.25) is 0 Å². The number of nitrogens with one attached hydrogen (secondary N) is 1. The molecule has 1 aliphatic rings. The smallest absolute Gasteiger partial charge is 0.251 e. The molecule has 1 aliphatic carbocycles. The van der Waals surface area contributed by atoms with E-state index in [-0.39, 0.29) is 23.4 Å². The van der Waals surface area contributed by atoms with Crippen molar-refractivity contribution in [2.24, 2.45) is 5.92 Å². The molecule has 4 nitrogen and oxygen atoms in total. The van der Waals surface area contributed by atoms with Gasteiger partial charge in [0.1, 0.15) is 5.75 Å². The second-order valence-corrected chi connectivity index (χ2v) is 6.90. The van der Waals surface area contributed by atoms with E-state index in [0.29, 0.717) is 18.4 Å². The number of fused-ring (bicyclic) bond motifs is 1. The Morgan fingerprint density at radius 2 is 1.96 bits per heavy atom. The lowest BCUT2D eigenvalue weighted by Gasteiger charge is -2.11. The fourth-order valence-corrected chi connectivity index (χ4v) is 3.43. The van der Waals surface area contributed by atoms with Crippen molar-refractivity contribution in [3.63, 3.8) is 0 Å². The average molecular weight is 325 g/mol. The minimum absolute atomic E-state index is 0.0733. The summed E-state index contributed by atoms with van der Waals surface area (Å²) >= 11 is 0. The Morgan fingerprint density at radius 1 is 1.21 bits per heavy atom. The van der Waals surface area contributed by atoms with E-state index in [1.54, 1.807) is 0 Å². The van der Waals surface area contributed by atoms with Gasteiger partial charge in [-0.1, -0.05) is 6.07 Å². The van der Waals surface area contributed by atoms with Crippen molar-refractivity contribution >= 4 is 5.78 Å². The van der Waals surface area contributed by atoms with Crippen molar-refractivity contribution < 1.29 is 9.53 Å². The summed E-state index contributed by atoms with van der Waals surface area (Å²) in [5, 5.41) is 0. The lowest BCUT2D eigenvalue weighted by atomic mass is 9.94. The Kier molecular flexibility index (Phi) is 4.31. The molecule has 126 valence electrons. The summed E-state index contributed by atoms with van der Waals surface area (Å²) in [5.74, 6) is 0.664. The summed E-state index contributed by atoms with van der Waals surface area (Å²) in [4.78, 5) is 27.8. The predicted molar refractivity (Wildman–Crippen MR) is 94.0 cm³/mol. The number of carbonyl (C=O) groups is 1. The second kappa shape index (κ2) is 6.27. The molecule has 1 unspecified atom stereocenters. The number of Topliss-reactive ketones (excluding diaryl/α,β-unsaturated/α-hetero) is 1. The third-order valence-electron chi connectivity index (χ3n) is 4.50. The zero-order valence-electron chi connectivity index (χ0n) is 14.6. The van der Waals surface area contributed by atoms with Gasteiger partial charge in [-0.2, -0.15) is 0 Å². The molecule has 2 aromatic rings. The fourth-order valence-electron chi connectivity index (χ4n) is 3.43. The van der Waals surface area contributed by atoms with Crippen LogP contribution in [0.1, 0.15) is 46.6 Å². The standard InChI is InChI=1S/C20H23NO3/c1-11(2)24-16-6-5-14-8-15(19(22)18(14)10-16)9-17-12(3)7-13(4)21-20(17)23/h5-7,10-11,15H,8-9H2,1-4H3,(H,21,23). The van der Waals surface area contributed by atoms with Crippen LogP contribution in [0.4, 0.5) is 0 Å². The molecule has 1 N–H and O–H groups in total. The van der Waals surface area contributed by atoms with Crippen molar-refractivity contribution in [2.45, 2.75) is 46.6 Å². The molecule has 1 atom stereocenters. The quantitative estimate of drug-likeness (QED) is 0.937. The first-order valence-corrected chi connectivity index (χ1v) is 8.38. The third kappa shape index (κ3) is 3.14. The summed E-state index contributed by atoms with van der Waals surface area (Å²) in [7, 11) is 0. The molecule has 0 saturated heterocycles. The number of benzene rings is 1. The topological polar surface area (TPSA) is 59.2 Å². The Labute approximate surface area is 141 Å². The van der Waals surface area contributed by atoms with Crippen LogP contribution in [-0.2, 0) is 12.8 Å². The van der Waals surface area contributed by atoms with E-state index in [1.807, 2.05) is 52.0 Å². The lowest BCUT2D eigenvalue weighted by molar-refractivity contribution is 0.0935. The van der Waals surface area contributed by atoms with E-state index in [4.69, 9.17) is 4.74 Å². The molecule has 0 bridgehead atoms. The van der Waals surface area contributed by atoms with Gasteiger partial charge in [0.2, 0.25) is 0 Å². The maximum atomic E-state index is 12.8. The molecular formula is C20H23NO3. The zero-order valence-corrected chi connectivity index (χ0v) is 14.6. The predicted octanol–water partition coefficient (Wildman–Crippen LogP) is 3.38. The molecule has 0 radical (unpaired) electrons. The van der Waals surface area contributed by atoms with Crippen molar-refractivity contribution in [1.29, 1.82) is 0 Å². The number of hydrogen-bond donors (Lipinski definition) is 1. The average Bonchev–Trinajstić information content (AvgIpc) is 2.79. The van der Waals surface area contributed by atoms with E-state index in [0.717, 1.165) is 28.1 Å².